The molecule has 0 radical (unpaired) electrons. The van der Waals surface area contributed by atoms with Crippen LogP contribution in [0.4, 0.5) is 5.69 Å². The molecule has 0 aromatic heterocycles. The zero-order chi connectivity index (χ0) is 23.7. The molecule has 0 bridgehead atoms. The Morgan fingerprint density at radius 3 is 2.38 bits per heavy atom. The number of aliphatic hydroxyl groups is 1. The van der Waals surface area contributed by atoms with E-state index in [1.807, 2.05) is 6.92 Å². The maximum absolute atomic E-state index is 11.9. The average Bonchev–Trinajstić information content (AvgIpc) is 2.73. The number of hydrogen-bond acceptors (Lipinski definition) is 7. The Kier molecular flexibility index (Phi) is 10.5. The Balaban J connectivity index is 1.90. The molecule has 1 amide bonds. The molecule has 2 aromatic carbocycles. The Hall–Kier alpha value is -2.07. The summed E-state index contributed by atoms with van der Waals surface area (Å²) in [7, 11) is 1.53. The summed E-state index contributed by atoms with van der Waals surface area (Å²) in [5, 5.41) is 37.1. The average molecular weight is 486 g/mol. The van der Waals surface area contributed by atoms with Crippen molar-refractivity contribution in [1.82, 2.24) is 10.6 Å². The van der Waals surface area contributed by atoms with E-state index in [0.717, 1.165) is 5.56 Å². The Morgan fingerprint density at radius 1 is 1.16 bits per heavy atom. The molecule has 2 unspecified atom stereocenters. The number of phenolic OH excluding ortho intramolecular Hbond substituents is 1. The molecule has 0 spiro atoms. The van der Waals surface area contributed by atoms with Gasteiger partial charge in [-0.3, -0.25) is 10.0 Å². The van der Waals surface area contributed by atoms with E-state index in [1.165, 1.54) is 19.2 Å². The Bertz CT molecular complexity index is 859. The summed E-state index contributed by atoms with van der Waals surface area (Å²) in [5.74, 6) is -0.252. The molecular weight excluding hydrogens is 457 g/mol. The van der Waals surface area contributed by atoms with Crippen LogP contribution in [0.5, 0.6) is 5.75 Å². The molecule has 8 nitrogen and oxygen atoms in total. The summed E-state index contributed by atoms with van der Waals surface area (Å²) >= 11 is 12.6. The summed E-state index contributed by atoms with van der Waals surface area (Å²) < 4.78 is 4.86. The van der Waals surface area contributed by atoms with Gasteiger partial charge in [0.2, 0.25) is 5.91 Å². The van der Waals surface area contributed by atoms with Crippen molar-refractivity contribution in [3.05, 3.63) is 57.6 Å². The second kappa shape index (κ2) is 12.8. The largest absolute Gasteiger partial charge is 0.508 e. The van der Waals surface area contributed by atoms with Gasteiger partial charge in [0, 0.05) is 19.7 Å². The van der Waals surface area contributed by atoms with Gasteiger partial charge in [0.15, 0.2) is 0 Å². The lowest BCUT2D eigenvalue weighted by molar-refractivity contribution is -0.120. The first kappa shape index (κ1) is 26.2. The SMILES string of the molecule is COCCNC(=O)CN(O)c1c(Cl)cc(CCNC(C)C(O)c2ccc(O)cc2)cc1Cl. The molecule has 5 N–H and O–H groups in total. The van der Waals surface area contributed by atoms with Crippen LogP contribution in [0.15, 0.2) is 36.4 Å². The van der Waals surface area contributed by atoms with Gasteiger partial charge in [-0.1, -0.05) is 35.3 Å². The molecule has 2 rings (SSSR count). The van der Waals surface area contributed by atoms with E-state index in [9.17, 15) is 20.2 Å². The number of methoxy groups -OCH3 is 1. The number of anilines is 1. The van der Waals surface area contributed by atoms with Crippen molar-refractivity contribution in [3.8, 4) is 5.75 Å². The van der Waals surface area contributed by atoms with E-state index in [2.05, 4.69) is 10.6 Å². The van der Waals surface area contributed by atoms with Crippen LogP contribution in [-0.2, 0) is 16.0 Å². The lowest BCUT2D eigenvalue weighted by Gasteiger charge is -2.22. The number of hydroxylamine groups is 1. The number of carbonyl (C=O) groups excluding carboxylic acids is 1. The Morgan fingerprint density at radius 2 is 1.78 bits per heavy atom. The molecule has 10 heteroatoms. The predicted octanol–water partition coefficient (Wildman–Crippen LogP) is 2.91. The summed E-state index contributed by atoms with van der Waals surface area (Å²) in [6, 6.07) is 9.54. The van der Waals surface area contributed by atoms with Crippen LogP contribution in [0.2, 0.25) is 10.0 Å². The van der Waals surface area contributed by atoms with Crippen molar-refractivity contribution in [3.63, 3.8) is 0 Å². The summed E-state index contributed by atoms with van der Waals surface area (Å²) in [6.45, 7) is 2.79. The fourth-order valence-electron chi connectivity index (χ4n) is 3.09. The highest BCUT2D eigenvalue weighted by Crippen LogP contribution is 2.34. The second-order valence-electron chi connectivity index (χ2n) is 7.34. The van der Waals surface area contributed by atoms with Gasteiger partial charge in [0.05, 0.1) is 22.8 Å². The number of nitrogens with zero attached hydrogens (tertiary/aromatic N) is 1. The van der Waals surface area contributed by atoms with Crippen LogP contribution in [0.3, 0.4) is 0 Å². The smallest absolute Gasteiger partial charge is 0.242 e. The van der Waals surface area contributed by atoms with E-state index >= 15 is 0 Å². The van der Waals surface area contributed by atoms with E-state index in [4.69, 9.17) is 27.9 Å². The molecule has 32 heavy (non-hydrogen) atoms. The zero-order valence-corrected chi connectivity index (χ0v) is 19.5. The van der Waals surface area contributed by atoms with Crippen LogP contribution < -0.4 is 15.7 Å². The van der Waals surface area contributed by atoms with Crippen molar-refractivity contribution < 1.29 is 25.0 Å². The standard InChI is InChI=1S/C22H29Cl2N3O5/c1-14(22(30)16-3-5-17(28)6-4-16)25-8-7-15-11-18(23)21(19(24)12-15)27(31)13-20(29)26-9-10-32-2/h3-6,11-12,14,22,25,28,30-31H,7-10,13H2,1-2H3,(H,26,29). The highest BCUT2D eigenvalue weighted by atomic mass is 35.5. The molecule has 2 aromatic rings. The highest BCUT2D eigenvalue weighted by molar-refractivity contribution is 6.39. The van der Waals surface area contributed by atoms with Gasteiger partial charge >= 0.3 is 0 Å². The van der Waals surface area contributed by atoms with Gasteiger partial charge in [0.25, 0.3) is 0 Å². The topological polar surface area (TPSA) is 114 Å². The minimum Gasteiger partial charge on any atom is -0.508 e. The van der Waals surface area contributed by atoms with Gasteiger partial charge in [-0.15, -0.1) is 0 Å². The molecular formula is C22H29Cl2N3O5. The van der Waals surface area contributed by atoms with Crippen molar-refractivity contribution in [2.75, 3.05) is 38.4 Å². The number of hydrogen-bond donors (Lipinski definition) is 5. The first-order valence-electron chi connectivity index (χ1n) is 10.1. The maximum Gasteiger partial charge on any atom is 0.242 e. The van der Waals surface area contributed by atoms with Gasteiger partial charge in [0.1, 0.15) is 18.0 Å². The van der Waals surface area contributed by atoms with Crippen molar-refractivity contribution in [2.45, 2.75) is 25.5 Å². The van der Waals surface area contributed by atoms with Crippen molar-refractivity contribution in [1.29, 1.82) is 0 Å². The first-order valence-corrected chi connectivity index (χ1v) is 10.9. The normalized spacial score (nSPS) is 12.9. The van der Waals surface area contributed by atoms with E-state index in [0.29, 0.717) is 36.7 Å². The molecule has 0 aliphatic rings. The number of amides is 1. The van der Waals surface area contributed by atoms with Crippen molar-refractivity contribution in [2.24, 2.45) is 0 Å². The summed E-state index contributed by atoms with van der Waals surface area (Å²) in [5.41, 5.74) is 1.69. The third kappa shape index (κ3) is 7.81. The van der Waals surface area contributed by atoms with Crippen LogP contribution in [0.25, 0.3) is 0 Å². The molecule has 0 fully saturated rings. The quantitative estimate of drug-likeness (QED) is 0.232. The third-order valence-corrected chi connectivity index (χ3v) is 5.42. The second-order valence-corrected chi connectivity index (χ2v) is 8.15. The minimum absolute atomic E-state index is 0.145. The number of benzene rings is 2. The van der Waals surface area contributed by atoms with Crippen molar-refractivity contribution >= 4 is 34.8 Å². The number of rotatable bonds is 12. The summed E-state index contributed by atoms with van der Waals surface area (Å²) in [4.78, 5) is 11.9. The van der Waals surface area contributed by atoms with Gasteiger partial charge in [-0.2, -0.15) is 0 Å². The van der Waals surface area contributed by atoms with Gasteiger partial charge < -0.3 is 25.6 Å². The van der Waals surface area contributed by atoms with E-state index < -0.39 is 12.0 Å². The number of carbonyl (C=O) groups is 1. The minimum atomic E-state index is -0.733. The molecule has 0 saturated carbocycles. The number of halogens is 2. The predicted molar refractivity (Wildman–Crippen MR) is 125 cm³/mol. The van der Waals surface area contributed by atoms with E-state index in [-0.39, 0.29) is 34.1 Å². The molecule has 0 saturated heterocycles. The molecule has 2 atom stereocenters. The third-order valence-electron chi connectivity index (χ3n) is 4.84. The van der Waals surface area contributed by atoms with E-state index in [1.54, 1.807) is 24.3 Å². The first-order chi connectivity index (χ1) is 15.2. The monoisotopic (exact) mass is 485 g/mol. The summed E-state index contributed by atoms with van der Waals surface area (Å²) in [6.07, 6.45) is -0.155. The van der Waals surface area contributed by atoms with Crippen LogP contribution >= 0.6 is 23.2 Å². The van der Waals surface area contributed by atoms with Crippen LogP contribution in [-0.4, -0.2) is 60.7 Å². The van der Waals surface area contributed by atoms with Crippen LogP contribution in [0, 0.1) is 0 Å². The fourth-order valence-corrected chi connectivity index (χ4v) is 3.82. The molecule has 176 valence electrons. The van der Waals surface area contributed by atoms with Gasteiger partial charge in [-0.25, -0.2) is 5.06 Å². The number of phenols is 1. The molecule has 0 aliphatic carbocycles. The zero-order valence-electron chi connectivity index (χ0n) is 18.0. The molecule has 0 heterocycles. The van der Waals surface area contributed by atoms with Gasteiger partial charge in [-0.05, 0) is 55.3 Å². The van der Waals surface area contributed by atoms with Crippen LogP contribution in [0.1, 0.15) is 24.2 Å². The number of aliphatic hydroxyl groups excluding tert-OH is 1. The lowest BCUT2D eigenvalue weighted by atomic mass is 10.0. The Labute approximate surface area is 197 Å². The highest BCUT2D eigenvalue weighted by Gasteiger charge is 2.18. The molecule has 0 aliphatic heterocycles. The number of aromatic hydroxyl groups is 1. The number of ether oxygens (including phenoxy) is 1. The maximum atomic E-state index is 11.9. The number of nitrogens with one attached hydrogen (secondary N) is 2. The lowest BCUT2D eigenvalue weighted by Crippen LogP contribution is -2.37. The fraction of sp³-hybridized carbons (Fsp3) is 0.409.